The van der Waals surface area contributed by atoms with Gasteiger partial charge in [0.25, 0.3) is 5.91 Å². The van der Waals surface area contributed by atoms with E-state index in [1.807, 2.05) is 41.2 Å². The van der Waals surface area contributed by atoms with Crippen LogP contribution in [0, 0.1) is 0 Å². The van der Waals surface area contributed by atoms with Crippen LogP contribution >= 0.6 is 15.9 Å². The molecule has 1 N–H and O–H groups in total. The topological polar surface area (TPSA) is 46.9 Å². The largest absolute Gasteiger partial charge is 0.324 e. The predicted molar refractivity (Wildman–Crippen MR) is 85.7 cm³/mol. The number of rotatable bonds is 3. The van der Waals surface area contributed by atoms with Crippen LogP contribution in [0.25, 0.3) is 5.69 Å². The Kier molecular flexibility index (Phi) is 3.83. The third-order valence-electron chi connectivity index (χ3n) is 3.02. The maximum absolute atomic E-state index is 12.1. The van der Waals surface area contributed by atoms with Gasteiger partial charge in [-0.05, 0) is 64.5 Å². The number of amides is 1. The lowest BCUT2D eigenvalue weighted by atomic mass is 10.2. The third-order valence-corrected chi connectivity index (χ3v) is 3.49. The van der Waals surface area contributed by atoms with Crippen LogP contribution in [-0.2, 0) is 0 Å². The summed E-state index contributed by atoms with van der Waals surface area (Å²) in [6.07, 6.45) is 5.53. The highest BCUT2D eigenvalue weighted by atomic mass is 79.9. The molecule has 0 radical (unpaired) electrons. The van der Waals surface area contributed by atoms with E-state index in [1.54, 1.807) is 30.5 Å². The monoisotopic (exact) mass is 341 g/mol. The van der Waals surface area contributed by atoms with E-state index in [0.717, 1.165) is 10.3 Å². The molecule has 0 atom stereocenters. The van der Waals surface area contributed by atoms with Crippen molar-refractivity contribution in [2.45, 2.75) is 0 Å². The van der Waals surface area contributed by atoms with Crippen molar-refractivity contribution in [1.82, 2.24) is 9.55 Å². The third kappa shape index (κ3) is 3.20. The van der Waals surface area contributed by atoms with Crippen molar-refractivity contribution in [3.63, 3.8) is 0 Å². The normalized spacial score (nSPS) is 10.3. The van der Waals surface area contributed by atoms with Crippen molar-refractivity contribution >= 4 is 27.5 Å². The lowest BCUT2D eigenvalue weighted by molar-refractivity contribution is 0.102. The highest BCUT2D eigenvalue weighted by Crippen LogP contribution is 2.14. The summed E-state index contributed by atoms with van der Waals surface area (Å²) < 4.78 is 2.72. The summed E-state index contributed by atoms with van der Waals surface area (Å²) >= 11 is 3.26. The molecule has 4 nitrogen and oxygen atoms in total. The van der Waals surface area contributed by atoms with E-state index in [2.05, 4.69) is 26.2 Å². The molecule has 2 heterocycles. The molecule has 3 rings (SSSR count). The van der Waals surface area contributed by atoms with Crippen molar-refractivity contribution in [2.24, 2.45) is 0 Å². The minimum atomic E-state index is -0.154. The number of halogens is 1. The molecule has 0 aliphatic heterocycles. The van der Waals surface area contributed by atoms with E-state index >= 15 is 0 Å². The maximum atomic E-state index is 12.1. The fourth-order valence-electron chi connectivity index (χ4n) is 1.94. The Labute approximate surface area is 130 Å². The fourth-order valence-corrected chi connectivity index (χ4v) is 2.18. The van der Waals surface area contributed by atoms with Crippen molar-refractivity contribution in [3.05, 3.63) is 77.3 Å². The second-order valence-electron chi connectivity index (χ2n) is 4.46. The second kappa shape index (κ2) is 5.93. The zero-order valence-corrected chi connectivity index (χ0v) is 12.6. The van der Waals surface area contributed by atoms with Gasteiger partial charge in [-0.1, -0.05) is 0 Å². The lowest BCUT2D eigenvalue weighted by Crippen LogP contribution is -2.12. The molecule has 0 saturated heterocycles. The van der Waals surface area contributed by atoms with Gasteiger partial charge >= 0.3 is 0 Å². The molecular weight excluding hydrogens is 330 g/mol. The first kappa shape index (κ1) is 13.6. The van der Waals surface area contributed by atoms with Crippen LogP contribution in [0.15, 0.2) is 71.7 Å². The molecule has 104 valence electrons. The summed E-state index contributed by atoms with van der Waals surface area (Å²) in [7, 11) is 0. The molecule has 0 aliphatic carbocycles. The van der Waals surface area contributed by atoms with Gasteiger partial charge in [-0.2, -0.15) is 0 Å². The summed E-state index contributed by atoms with van der Waals surface area (Å²) in [4.78, 5) is 16.2. The Morgan fingerprint density at radius 1 is 1.05 bits per heavy atom. The van der Waals surface area contributed by atoms with Gasteiger partial charge < -0.3 is 9.88 Å². The molecule has 2 aromatic heterocycles. The number of carbonyl (C=O) groups excluding carboxylic acids is 1. The summed E-state index contributed by atoms with van der Waals surface area (Å²) in [5.41, 5.74) is 2.29. The van der Waals surface area contributed by atoms with Gasteiger partial charge in [0, 0.05) is 23.6 Å². The Hall–Kier alpha value is -2.40. The van der Waals surface area contributed by atoms with Gasteiger partial charge in [-0.25, -0.2) is 4.98 Å². The number of benzene rings is 1. The van der Waals surface area contributed by atoms with Crippen molar-refractivity contribution in [1.29, 1.82) is 0 Å². The molecule has 1 aromatic carbocycles. The average Bonchev–Trinajstić information content (AvgIpc) is 3.04. The smallest absolute Gasteiger partial charge is 0.255 e. The number of hydrogen-bond acceptors (Lipinski definition) is 2. The van der Waals surface area contributed by atoms with E-state index < -0.39 is 0 Å². The molecule has 5 heteroatoms. The van der Waals surface area contributed by atoms with Crippen molar-refractivity contribution in [2.75, 3.05) is 5.32 Å². The number of pyridine rings is 1. The summed E-state index contributed by atoms with van der Waals surface area (Å²) in [5, 5.41) is 2.81. The van der Waals surface area contributed by atoms with Gasteiger partial charge in [0.15, 0.2) is 0 Å². The van der Waals surface area contributed by atoms with Crippen LogP contribution in [0.2, 0.25) is 0 Å². The first-order valence-corrected chi connectivity index (χ1v) is 7.18. The number of nitrogens with zero attached hydrogens (tertiary/aromatic N) is 2. The Balaban J connectivity index is 1.74. The highest BCUT2D eigenvalue weighted by Gasteiger charge is 2.06. The van der Waals surface area contributed by atoms with Gasteiger partial charge in [-0.3, -0.25) is 4.79 Å². The molecule has 0 fully saturated rings. The minimum absolute atomic E-state index is 0.154. The minimum Gasteiger partial charge on any atom is -0.324 e. The molecule has 3 aromatic rings. The van der Waals surface area contributed by atoms with Crippen LogP contribution < -0.4 is 5.32 Å². The number of carbonyl (C=O) groups is 1. The highest BCUT2D eigenvalue weighted by molar-refractivity contribution is 9.10. The molecule has 0 aliphatic rings. The van der Waals surface area contributed by atoms with E-state index in [0.29, 0.717) is 11.3 Å². The second-order valence-corrected chi connectivity index (χ2v) is 5.27. The van der Waals surface area contributed by atoms with Gasteiger partial charge in [0.05, 0.1) is 11.9 Å². The van der Waals surface area contributed by atoms with Gasteiger partial charge in [0.2, 0.25) is 0 Å². The number of hydrogen-bond donors (Lipinski definition) is 1. The molecule has 0 bridgehead atoms. The van der Waals surface area contributed by atoms with E-state index in [-0.39, 0.29) is 5.91 Å². The Morgan fingerprint density at radius 2 is 1.76 bits per heavy atom. The summed E-state index contributed by atoms with van der Waals surface area (Å²) in [5.74, 6) is -0.154. The maximum Gasteiger partial charge on any atom is 0.255 e. The SMILES string of the molecule is O=C(Nc1ccc(Br)nc1)c1ccc(-n2cccc2)cc1. The lowest BCUT2D eigenvalue weighted by Gasteiger charge is -2.07. The summed E-state index contributed by atoms with van der Waals surface area (Å²) in [6, 6.07) is 14.9. The Morgan fingerprint density at radius 3 is 2.38 bits per heavy atom. The van der Waals surface area contributed by atoms with Crippen LogP contribution in [0.4, 0.5) is 5.69 Å². The van der Waals surface area contributed by atoms with Crippen LogP contribution in [-0.4, -0.2) is 15.5 Å². The van der Waals surface area contributed by atoms with E-state index in [4.69, 9.17) is 0 Å². The van der Waals surface area contributed by atoms with Crippen LogP contribution in [0.1, 0.15) is 10.4 Å². The zero-order valence-electron chi connectivity index (χ0n) is 11.0. The average molecular weight is 342 g/mol. The number of nitrogens with one attached hydrogen (secondary N) is 1. The van der Waals surface area contributed by atoms with Gasteiger partial charge in [-0.15, -0.1) is 0 Å². The Bertz CT molecular complexity index is 734. The first-order chi connectivity index (χ1) is 10.2. The van der Waals surface area contributed by atoms with Crippen LogP contribution in [0.3, 0.4) is 0 Å². The first-order valence-electron chi connectivity index (χ1n) is 6.39. The molecule has 1 amide bonds. The van der Waals surface area contributed by atoms with Crippen molar-refractivity contribution in [3.8, 4) is 5.69 Å². The van der Waals surface area contributed by atoms with Crippen molar-refractivity contribution < 1.29 is 4.79 Å². The summed E-state index contributed by atoms with van der Waals surface area (Å²) in [6.45, 7) is 0. The fraction of sp³-hybridized carbons (Fsp3) is 0. The molecule has 0 saturated carbocycles. The number of aromatic nitrogens is 2. The molecular formula is C16H12BrN3O. The molecule has 21 heavy (non-hydrogen) atoms. The van der Waals surface area contributed by atoms with Gasteiger partial charge in [0.1, 0.15) is 4.60 Å². The predicted octanol–water partition coefficient (Wildman–Crippen LogP) is 3.89. The standard InChI is InChI=1S/C16H12BrN3O/c17-15-8-5-13(11-18-15)19-16(21)12-3-6-14(7-4-12)20-9-1-2-10-20/h1-11H,(H,19,21). The molecule has 0 spiro atoms. The number of anilines is 1. The molecule has 0 unspecified atom stereocenters. The van der Waals surface area contributed by atoms with E-state index in [9.17, 15) is 4.79 Å². The van der Waals surface area contributed by atoms with Crippen LogP contribution in [0.5, 0.6) is 0 Å². The quantitative estimate of drug-likeness (QED) is 0.734. The van der Waals surface area contributed by atoms with E-state index in [1.165, 1.54) is 0 Å². The zero-order chi connectivity index (χ0) is 14.7.